The first-order valence-electron chi connectivity index (χ1n) is 7.66. The van der Waals surface area contributed by atoms with E-state index in [0.717, 1.165) is 27.0 Å². The van der Waals surface area contributed by atoms with Crippen molar-refractivity contribution in [2.24, 2.45) is 12.0 Å². The molecule has 0 radical (unpaired) electrons. The summed E-state index contributed by atoms with van der Waals surface area (Å²) < 4.78 is 8.09. The number of aromatic nitrogens is 2. The van der Waals surface area contributed by atoms with E-state index >= 15 is 0 Å². The summed E-state index contributed by atoms with van der Waals surface area (Å²) in [6.07, 6.45) is 0. The van der Waals surface area contributed by atoms with E-state index in [9.17, 15) is 4.79 Å². The molecule has 128 valence electrons. The van der Waals surface area contributed by atoms with Gasteiger partial charge >= 0.3 is 151 Å². The van der Waals surface area contributed by atoms with Crippen molar-refractivity contribution in [3.8, 4) is 5.75 Å². The number of ether oxygens (including phenoxy) is 1. The van der Waals surface area contributed by atoms with Crippen LogP contribution in [-0.2, 0) is 7.05 Å². The summed E-state index contributed by atoms with van der Waals surface area (Å²) in [5, 5.41) is 7.20. The predicted octanol–water partition coefficient (Wildman–Crippen LogP) is 2.28. The molecule has 3 rings (SSSR count). The van der Waals surface area contributed by atoms with E-state index in [1.807, 2.05) is 55.5 Å². The number of carbonyl (C=O) groups is 1. The van der Waals surface area contributed by atoms with Gasteiger partial charge in [-0.15, -0.1) is 0 Å². The molecule has 0 aliphatic carbocycles. The van der Waals surface area contributed by atoms with Gasteiger partial charge in [0, 0.05) is 0 Å². The molecule has 0 fully saturated rings. The number of nitrogens with zero attached hydrogens (tertiary/aromatic N) is 3. The van der Waals surface area contributed by atoms with Crippen molar-refractivity contribution in [2.75, 3.05) is 12.4 Å². The minimum absolute atomic E-state index is 0.185. The van der Waals surface area contributed by atoms with Crippen molar-refractivity contribution in [1.29, 1.82) is 0 Å². The fourth-order valence-corrected chi connectivity index (χ4v) is 3.81. The van der Waals surface area contributed by atoms with Gasteiger partial charge in [0.1, 0.15) is 0 Å². The maximum atomic E-state index is 12.4. The third-order valence-electron chi connectivity index (χ3n) is 3.51. The van der Waals surface area contributed by atoms with Crippen LogP contribution in [0.15, 0.2) is 53.5 Å². The van der Waals surface area contributed by atoms with Crippen LogP contribution in [0.5, 0.6) is 5.75 Å². The number of amides is 1. The molecule has 0 unspecified atom stereocenters. The third-order valence-corrected chi connectivity index (χ3v) is 5.60. The summed E-state index contributed by atoms with van der Waals surface area (Å²) in [6.45, 7) is 2.01. The van der Waals surface area contributed by atoms with Gasteiger partial charge in [0.15, 0.2) is 0 Å². The number of methoxy groups -OCH3 is 1. The zero-order valence-electron chi connectivity index (χ0n) is 14.2. The van der Waals surface area contributed by atoms with Crippen molar-refractivity contribution < 1.29 is 9.53 Å². The van der Waals surface area contributed by atoms with Gasteiger partial charge in [0.25, 0.3) is 0 Å². The summed E-state index contributed by atoms with van der Waals surface area (Å²) in [4.78, 5) is 17.0. The number of aryl methyl sites for hydroxylation is 2. The molecule has 7 heteroatoms. The third kappa shape index (κ3) is 4.26. The topological polar surface area (TPSA) is 68.5 Å². The fourth-order valence-electron chi connectivity index (χ4n) is 2.13. The SMILES string of the molecule is COc1ccc(N=c2[se]c(C(=O)Nc3ccc(C)cc3)nn2C)cc1. The van der Waals surface area contributed by atoms with Crippen LogP contribution in [0.2, 0.25) is 0 Å². The standard InChI is InChI=1S/C18H18N4O2Se/c1-12-4-6-13(7-5-12)19-16(23)17-21-22(2)18(25-17)20-14-8-10-15(24-3)11-9-14/h4-11H,1-3H3,(H,19,23). The second-order valence-corrected chi connectivity index (χ2v) is 7.45. The molecule has 1 amide bonds. The van der Waals surface area contributed by atoms with Crippen LogP contribution in [0.1, 0.15) is 14.9 Å². The van der Waals surface area contributed by atoms with Crippen molar-refractivity contribution >= 4 is 31.8 Å². The van der Waals surface area contributed by atoms with Gasteiger partial charge < -0.3 is 0 Å². The number of carbonyl (C=O) groups excluding carboxylic acids is 1. The summed E-state index contributed by atoms with van der Waals surface area (Å²) in [6, 6.07) is 15.1. The Morgan fingerprint density at radius 1 is 1.16 bits per heavy atom. The van der Waals surface area contributed by atoms with Crippen LogP contribution < -0.4 is 14.4 Å². The molecule has 0 spiro atoms. The number of anilines is 1. The molecular formula is C18H18N4O2Se. The number of hydrogen-bond donors (Lipinski definition) is 1. The molecule has 0 aliphatic rings. The number of rotatable bonds is 4. The molecule has 2 aromatic carbocycles. The molecule has 0 saturated heterocycles. The molecule has 0 saturated carbocycles. The van der Waals surface area contributed by atoms with Crippen molar-refractivity contribution in [1.82, 2.24) is 9.78 Å². The molecule has 0 atom stereocenters. The molecular weight excluding hydrogens is 383 g/mol. The summed E-state index contributed by atoms with van der Waals surface area (Å²) in [5.41, 5.74) is 2.71. The Labute approximate surface area is 151 Å². The first-order chi connectivity index (χ1) is 12.0. The summed E-state index contributed by atoms with van der Waals surface area (Å²) >= 11 is -0.247. The first-order valence-corrected chi connectivity index (χ1v) is 9.37. The molecule has 3 aromatic rings. The van der Waals surface area contributed by atoms with Gasteiger partial charge in [-0.1, -0.05) is 0 Å². The van der Waals surface area contributed by atoms with E-state index in [1.165, 1.54) is 0 Å². The Hall–Kier alpha value is -2.63. The minimum atomic E-state index is -0.247. The molecule has 0 aliphatic heterocycles. The zero-order chi connectivity index (χ0) is 17.8. The number of benzene rings is 2. The maximum absolute atomic E-state index is 12.4. The second-order valence-electron chi connectivity index (χ2n) is 5.44. The fraction of sp³-hybridized carbons (Fsp3) is 0.167. The van der Waals surface area contributed by atoms with Crippen molar-refractivity contribution in [3.63, 3.8) is 0 Å². The molecule has 1 heterocycles. The quantitative estimate of drug-likeness (QED) is 0.682. The van der Waals surface area contributed by atoms with Crippen LogP contribution in [0.3, 0.4) is 0 Å². The van der Waals surface area contributed by atoms with E-state index in [1.54, 1.807) is 18.8 Å². The number of hydrogen-bond acceptors (Lipinski definition) is 4. The Balaban J connectivity index is 1.82. The van der Waals surface area contributed by atoms with Gasteiger partial charge in [-0.3, -0.25) is 0 Å². The summed E-state index contributed by atoms with van der Waals surface area (Å²) in [5.74, 6) is 0.597. The van der Waals surface area contributed by atoms with Gasteiger partial charge in [-0.25, -0.2) is 0 Å². The molecule has 0 bridgehead atoms. The van der Waals surface area contributed by atoms with Crippen molar-refractivity contribution in [3.05, 3.63) is 63.0 Å². The molecule has 6 nitrogen and oxygen atoms in total. The molecule has 1 N–H and O–H groups in total. The summed E-state index contributed by atoms with van der Waals surface area (Å²) in [7, 11) is 3.43. The van der Waals surface area contributed by atoms with Crippen LogP contribution >= 0.6 is 0 Å². The molecule has 1 aromatic heterocycles. The van der Waals surface area contributed by atoms with Crippen LogP contribution in [0, 0.1) is 6.92 Å². The van der Waals surface area contributed by atoms with Crippen LogP contribution in [0.4, 0.5) is 11.4 Å². The van der Waals surface area contributed by atoms with Gasteiger partial charge in [0.2, 0.25) is 0 Å². The van der Waals surface area contributed by atoms with E-state index in [0.29, 0.717) is 4.57 Å². The van der Waals surface area contributed by atoms with Crippen molar-refractivity contribution in [2.45, 2.75) is 6.92 Å². The Morgan fingerprint density at radius 3 is 2.48 bits per heavy atom. The first kappa shape index (κ1) is 17.2. The zero-order valence-corrected chi connectivity index (χ0v) is 15.9. The van der Waals surface area contributed by atoms with E-state index in [-0.39, 0.29) is 20.4 Å². The Morgan fingerprint density at radius 2 is 1.84 bits per heavy atom. The normalized spacial score (nSPS) is 11.4. The van der Waals surface area contributed by atoms with Crippen LogP contribution in [0.25, 0.3) is 0 Å². The van der Waals surface area contributed by atoms with Gasteiger partial charge in [0.05, 0.1) is 0 Å². The molecule has 25 heavy (non-hydrogen) atoms. The van der Waals surface area contributed by atoms with E-state index < -0.39 is 0 Å². The average molecular weight is 401 g/mol. The predicted molar refractivity (Wildman–Crippen MR) is 97.5 cm³/mol. The van der Waals surface area contributed by atoms with E-state index in [4.69, 9.17) is 4.74 Å². The average Bonchev–Trinajstić information content (AvgIpc) is 2.98. The van der Waals surface area contributed by atoms with Gasteiger partial charge in [-0.05, 0) is 0 Å². The second kappa shape index (κ2) is 7.51. The Bertz CT molecular complexity index is 940. The van der Waals surface area contributed by atoms with Gasteiger partial charge in [-0.2, -0.15) is 0 Å². The Kier molecular flexibility index (Phi) is 5.16. The number of nitrogens with one attached hydrogen (secondary N) is 1. The van der Waals surface area contributed by atoms with E-state index in [2.05, 4.69) is 15.4 Å². The monoisotopic (exact) mass is 402 g/mol. The van der Waals surface area contributed by atoms with Crippen LogP contribution in [-0.4, -0.2) is 37.3 Å².